The monoisotopic (exact) mass is 385 g/mol. The summed E-state index contributed by atoms with van der Waals surface area (Å²) < 4.78 is 10.4. The first-order valence-corrected chi connectivity index (χ1v) is 8.99. The lowest BCUT2D eigenvalue weighted by atomic mass is 9.83. The Labute approximate surface area is 162 Å². The Bertz CT molecular complexity index is 878. The lowest BCUT2D eigenvalue weighted by Crippen LogP contribution is -2.87. The molecule has 0 amide bonds. The normalized spacial score (nSPS) is 18.5. The summed E-state index contributed by atoms with van der Waals surface area (Å²) in [5.74, 6) is 1.83. The van der Waals surface area contributed by atoms with Crippen LogP contribution in [0.4, 0.5) is 0 Å². The number of ether oxygens (including phenoxy) is 2. The Morgan fingerprint density at radius 3 is 2.56 bits per heavy atom. The van der Waals surface area contributed by atoms with Crippen LogP contribution in [0.1, 0.15) is 17.0 Å². The molecule has 7 heteroatoms. The summed E-state index contributed by atoms with van der Waals surface area (Å²) in [4.78, 5) is 0. The van der Waals surface area contributed by atoms with Crippen LogP contribution in [0.2, 0.25) is 5.02 Å². The van der Waals surface area contributed by atoms with Gasteiger partial charge in [-0.05, 0) is 23.8 Å². The molecule has 2 heterocycles. The van der Waals surface area contributed by atoms with E-state index in [-0.39, 0.29) is 17.2 Å². The number of aromatic hydroxyl groups is 1. The zero-order valence-corrected chi connectivity index (χ0v) is 15.4. The highest BCUT2D eigenvalue weighted by Crippen LogP contribution is 2.42. The van der Waals surface area contributed by atoms with Gasteiger partial charge in [-0.1, -0.05) is 29.8 Å². The maximum atomic E-state index is 9.56. The second-order valence-corrected chi connectivity index (χ2v) is 6.58. The maximum absolute atomic E-state index is 9.56. The van der Waals surface area contributed by atoms with Gasteiger partial charge in [0, 0.05) is 28.1 Å². The third-order valence-corrected chi connectivity index (χ3v) is 4.52. The molecule has 0 saturated carbocycles. The zero-order valence-electron chi connectivity index (χ0n) is 14.6. The van der Waals surface area contributed by atoms with Crippen LogP contribution in [-0.2, 0) is 4.74 Å². The quantitative estimate of drug-likeness (QED) is 0.656. The first-order chi connectivity index (χ1) is 13.1. The van der Waals surface area contributed by atoms with Crippen LogP contribution in [0.5, 0.6) is 11.5 Å². The van der Waals surface area contributed by atoms with Gasteiger partial charge in [0.15, 0.2) is 0 Å². The standard InChI is InChI=1S/C16H10ClN2O2.C4H9NO/c17-10-3-1-2-9(6-10)15-12-5-4-11(20)7-14(12)21-16(19)13(15)8-18;1-3-6-4-2-5-1/h1-7,15,19-20H;5H,1-4H2/q-1;/p+1. The molecule has 2 aromatic rings. The van der Waals surface area contributed by atoms with Crippen LogP contribution in [0.25, 0.3) is 5.41 Å². The number of morpholine rings is 1. The first-order valence-electron chi connectivity index (χ1n) is 8.61. The fourth-order valence-corrected chi connectivity index (χ4v) is 3.23. The van der Waals surface area contributed by atoms with E-state index in [0.717, 1.165) is 37.4 Å². The van der Waals surface area contributed by atoms with E-state index >= 15 is 0 Å². The molecule has 0 aromatic heterocycles. The van der Waals surface area contributed by atoms with Gasteiger partial charge in [0.25, 0.3) is 0 Å². The molecular weight excluding hydrogens is 366 g/mol. The third kappa shape index (κ3) is 4.56. The number of hydrogen-bond donors (Lipinski definition) is 3. The predicted octanol–water partition coefficient (Wildman–Crippen LogP) is 2.29. The van der Waals surface area contributed by atoms with Gasteiger partial charge in [-0.3, -0.25) is 11.3 Å². The summed E-state index contributed by atoms with van der Waals surface area (Å²) in [6.45, 7) is 4.19. The highest BCUT2D eigenvalue weighted by Gasteiger charge is 2.31. The van der Waals surface area contributed by atoms with E-state index in [1.54, 1.807) is 24.3 Å². The minimum absolute atomic E-state index is 0.0480. The van der Waals surface area contributed by atoms with Gasteiger partial charge in [-0.25, -0.2) is 0 Å². The number of nitrogens with one attached hydrogen (secondary N) is 1. The number of phenols is 1. The molecule has 0 spiro atoms. The van der Waals surface area contributed by atoms with Crippen molar-refractivity contribution in [3.8, 4) is 11.5 Å². The van der Waals surface area contributed by atoms with E-state index in [1.165, 1.54) is 12.1 Å². The van der Waals surface area contributed by atoms with Crippen LogP contribution >= 0.6 is 11.6 Å². The van der Waals surface area contributed by atoms with Crippen molar-refractivity contribution in [2.45, 2.75) is 5.92 Å². The molecule has 4 N–H and O–H groups in total. The Hall–Kier alpha value is -2.63. The average molecular weight is 386 g/mol. The highest BCUT2D eigenvalue weighted by atomic mass is 35.5. The van der Waals surface area contributed by atoms with Crippen molar-refractivity contribution in [3.05, 3.63) is 69.6 Å². The number of benzene rings is 2. The van der Waals surface area contributed by atoms with Crippen LogP contribution in [0.15, 0.2) is 48.0 Å². The van der Waals surface area contributed by atoms with Crippen LogP contribution in [0, 0.1) is 5.41 Å². The lowest BCUT2D eigenvalue weighted by molar-refractivity contribution is -0.670. The number of halogens is 1. The zero-order chi connectivity index (χ0) is 19.2. The summed E-state index contributed by atoms with van der Waals surface area (Å²) in [6.07, 6.45) is 0. The molecule has 1 saturated heterocycles. The number of nitrogens with two attached hydrogens (primary N) is 1. The molecular formula is C20H20ClN3O3. The molecule has 2 aliphatic rings. The fraction of sp³-hybridized carbons (Fsp3) is 0.250. The van der Waals surface area contributed by atoms with Crippen molar-refractivity contribution in [2.75, 3.05) is 26.3 Å². The molecule has 1 fully saturated rings. The van der Waals surface area contributed by atoms with Crippen LogP contribution < -0.4 is 10.1 Å². The first kappa shape index (κ1) is 19.1. The van der Waals surface area contributed by atoms with Gasteiger partial charge in [0.2, 0.25) is 5.90 Å². The third-order valence-electron chi connectivity index (χ3n) is 4.29. The number of rotatable bonds is 1. The summed E-state index contributed by atoms with van der Waals surface area (Å²) in [7, 11) is 0. The Balaban J connectivity index is 0.000000299. The number of hydrogen-bond acceptors (Lipinski definition) is 4. The Morgan fingerprint density at radius 1 is 1.19 bits per heavy atom. The molecule has 1 unspecified atom stereocenters. The number of quaternary nitrogens is 1. The maximum Gasteiger partial charge on any atom is 0.222 e. The van der Waals surface area contributed by atoms with E-state index in [0.29, 0.717) is 10.8 Å². The van der Waals surface area contributed by atoms with E-state index in [4.69, 9.17) is 26.5 Å². The SMILES string of the molecule is C1COCC[NH2+]1.[N-]=C=C1C(=N)Oc2cc(O)ccc2C1c1cccc(Cl)c1. The predicted molar refractivity (Wildman–Crippen MR) is 104 cm³/mol. The van der Waals surface area contributed by atoms with Crippen molar-refractivity contribution in [1.82, 2.24) is 0 Å². The smallest absolute Gasteiger partial charge is 0.222 e. The van der Waals surface area contributed by atoms with Crippen LogP contribution in [-0.4, -0.2) is 43.2 Å². The summed E-state index contributed by atoms with van der Waals surface area (Å²) in [6, 6.07) is 11.8. The van der Waals surface area contributed by atoms with Crippen LogP contribution in [0.3, 0.4) is 0 Å². The largest absolute Gasteiger partial charge is 0.763 e. The molecule has 2 aromatic carbocycles. The summed E-state index contributed by atoms with van der Waals surface area (Å²) in [5.41, 5.74) is 1.75. The summed E-state index contributed by atoms with van der Waals surface area (Å²) in [5, 5.41) is 29.6. The number of nitrogens with zero attached hydrogens (tertiary/aromatic N) is 1. The highest BCUT2D eigenvalue weighted by molar-refractivity contribution is 6.30. The molecule has 4 rings (SSSR count). The molecule has 27 heavy (non-hydrogen) atoms. The van der Waals surface area contributed by atoms with Gasteiger partial charge < -0.3 is 25.3 Å². The van der Waals surface area contributed by atoms with Crippen molar-refractivity contribution in [2.24, 2.45) is 0 Å². The molecule has 1 atom stereocenters. The molecule has 0 aliphatic carbocycles. The molecule has 0 bridgehead atoms. The second-order valence-electron chi connectivity index (χ2n) is 6.15. The van der Waals surface area contributed by atoms with Gasteiger partial charge in [-0.2, -0.15) is 0 Å². The van der Waals surface area contributed by atoms with Crippen molar-refractivity contribution < 1.29 is 19.9 Å². The molecule has 2 aliphatic heterocycles. The molecule has 140 valence electrons. The second kappa shape index (κ2) is 8.84. The minimum atomic E-state index is -0.425. The minimum Gasteiger partial charge on any atom is -0.763 e. The van der Waals surface area contributed by atoms with Gasteiger partial charge in [-0.15, -0.1) is 0 Å². The Kier molecular flexibility index (Phi) is 6.27. The molecule has 0 radical (unpaired) electrons. The fourth-order valence-electron chi connectivity index (χ4n) is 3.03. The van der Waals surface area contributed by atoms with E-state index in [2.05, 4.69) is 5.32 Å². The molecule has 6 nitrogen and oxygen atoms in total. The van der Waals surface area contributed by atoms with Crippen molar-refractivity contribution in [1.29, 1.82) is 5.41 Å². The van der Waals surface area contributed by atoms with Gasteiger partial charge in [0.1, 0.15) is 11.5 Å². The lowest BCUT2D eigenvalue weighted by Gasteiger charge is -2.28. The van der Waals surface area contributed by atoms with Gasteiger partial charge >= 0.3 is 0 Å². The number of phenolic OH excluding ortho intramolecular Hbond substituents is 1. The Morgan fingerprint density at radius 2 is 1.96 bits per heavy atom. The van der Waals surface area contributed by atoms with Gasteiger partial charge in [0.05, 0.1) is 26.3 Å². The number of fused-ring (bicyclic) bond motifs is 1. The average Bonchev–Trinajstić information content (AvgIpc) is 2.68. The van der Waals surface area contributed by atoms with E-state index in [9.17, 15) is 10.5 Å². The van der Waals surface area contributed by atoms with E-state index in [1.807, 2.05) is 11.9 Å². The summed E-state index contributed by atoms with van der Waals surface area (Å²) >= 11 is 6.03. The van der Waals surface area contributed by atoms with E-state index < -0.39 is 5.92 Å². The topological polar surface area (TPSA) is 101 Å². The van der Waals surface area contributed by atoms with Crippen molar-refractivity contribution >= 4 is 23.4 Å². The van der Waals surface area contributed by atoms with Crippen molar-refractivity contribution in [3.63, 3.8) is 0 Å².